The molecule has 0 aromatic carbocycles. The van der Waals surface area contributed by atoms with Gasteiger partial charge in [-0.25, -0.2) is 0 Å². The second-order valence-corrected chi connectivity index (χ2v) is 3.08. The summed E-state index contributed by atoms with van der Waals surface area (Å²) in [5.41, 5.74) is 2.34. The van der Waals surface area contributed by atoms with Crippen LogP contribution in [0.25, 0.3) is 0 Å². The van der Waals surface area contributed by atoms with Gasteiger partial charge < -0.3 is 0 Å². The Morgan fingerprint density at radius 1 is 1.40 bits per heavy atom. The molecule has 0 rings (SSSR count). The lowest BCUT2D eigenvalue weighted by Gasteiger charge is -2.05. The lowest BCUT2D eigenvalue weighted by atomic mass is 10.1. The van der Waals surface area contributed by atoms with Gasteiger partial charge in [0.25, 0.3) is 0 Å². The molecule has 0 saturated heterocycles. The van der Waals surface area contributed by atoms with Crippen LogP contribution in [-0.4, -0.2) is 12.3 Å². The Hall–Kier alpha value is -0.590. The SMILES string of the molecule is C=C(CN=C(C)C)C(C)C. The lowest BCUT2D eigenvalue weighted by Crippen LogP contribution is -1.97. The second kappa shape index (κ2) is 4.26. The van der Waals surface area contributed by atoms with Gasteiger partial charge in [0.1, 0.15) is 0 Å². The molecule has 0 radical (unpaired) electrons. The van der Waals surface area contributed by atoms with Crippen molar-refractivity contribution in [2.24, 2.45) is 10.9 Å². The molecule has 0 aliphatic carbocycles. The molecule has 0 unspecified atom stereocenters. The van der Waals surface area contributed by atoms with Crippen molar-refractivity contribution >= 4 is 5.71 Å². The summed E-state index contributed by atoms with van der Waals surface area (Å²) in [7, 11) is 0. The highest BCUT2D eigenvalue weighted by molar-refractivity contribution is 5.79. The first-order valence-electron chi connectivity index (χ1n) is 3.69. The predicted octanol–water partition coefficient (Wildman–Crippen LogP) is 2.68. The van der Waals surface area contributed by atoms with E-state index in [1.165, 1.54) is 5.57 Å². The van der Waals surface area contributed by atoms with Gasteiger partial charge in [0.15, 0.2) is 0 Å². The van der Waals surface area contributed by atoms with E-state index in [-0.39, 0.29) is 0 Å². The number of hydrogen-bond acceptors (Lipinski definition) is 1. The summed E-state index contributed by atoms with van der Waals surface area (Å²) in [5, 5.41) is 0. The predicted molar refractivity (Wildman–Crippen MR) is 47.6 cm³/mol. The monoisotopic (exact) mass is 139 g/mol. The van der Waals surface area contributed by atoms with E-state index in [4.69, 9.17) is 0 Å². The zero-order valence-electron chi connectivity index (χ0n) is 7.44. The van der Waals surface area contributed by atoms with Crippen LogP contribution in [0.15, 0.2) is 17.1 Å². The second-order valence-electron chi connectivity index (χ2n) is 3.08. The van der Waals surface area contributed by atoms with E-state index in [9.17, 15) is 0 Å². The van der Waals surface area contributed by atoms with Gasteiger partial charge in [0.05, 0.1) is 6.54 Å². The normalized spacial score (nSPS) is 9.70. The van der Waals surface area contributed by atoms with E-state index in [0.717, 1.165) is 12.3 Å². The average Bonchev–Trinajstić information content (AvgIpc) is 1.82. The molecule has 0 amide bonds. The number of aliphatic imine (C=N–C) groups is 1. The molecule has 0 N–H and O–H groups in total. The molecule has 1 nitrogen and oxygen atoms in total. The largest absolute Gasteiger partial charge is 0.290 e. The Kier molecular flexibility index (Phi) is 4.01. The van der Waals surface area contributed by atoms with Crippen molar-refractivity contribution < 1.29 is 0 Å². The standard InChI is InChI=1S/C9H17N/c1-7(2)9(5)6-10-8(3)4/h7H,5-6H2,1-4H3. The minimum absolute atomic E-state index is 0.558. The first kappa shape index (κ1) is 9.41. The fraction of sp³-hybridized carbons (Fsp3) is 0.667. The van der Waals surface area contributed by atoms with Crippen molar-refractivity contribution in [1.82, 2.24) is 0 Å². The van der Waals surface area contributed by atoms with Crippen molar-refractivity contribution in [3.8, 4) is 0 Å². The van der Waals surface area contributed by atoms with Gasteiger partial charge in [0.2, 0.25) is 0 Å². The summed E-state index contributed by atoms with van der Waals surface area (Å²) >= 11 is 0. The molecule has 0 bridgehead atoms. The summed E-state index contributed by atoms with van der Waals surface area (Å²) in [5.74, 6) is 0.558. The quantitative estimate of drug-likeness (QED) is 0.421. The Morgan fingerprint density at radius 2 is 1.90 bits per heavy atom. The van der Waals surface area contributed by atoms with Crippen LogP contribution in [0.1, 0.15) is 27.7 Å². The molecule has 0 atom stereocenters. The van der Waals surface area contributed by atoms with Gasteiger partial charge in [-0.15, -0.1) is 0 Å². The molecule has 58 valence electrons. The smallest absolute Gasteiger partial charge is 0.0598 e. The molecule has 0 spiro atoms. The molecule has 10 heavy (non-hydrogen) atoms. The molecule has 1 heteroatoms. The highest BCUT2D eigenvalue weighted by Crippen LogP contribution is 2.06. The summed E-state index contributed by atoms with van der Waals surface area (Å²) < 4.78 is 0. The Labute approximate surface area is 63.9 Å². The molecule has 0 aromatic heterocycles. The summed E-state index contributed by atoms with van der Waals surface area (Å²) in [4.78, 5) is 4.26. The van der Waals surface area contributed by atoms with Gasteiger partial charge in [0, 0.05) is 5.71 Å². The Morgan fingerprint density at radius 3 is 2.20 bits per heavy atom. The van der Waals surface area contributed by atoms with E-state index < -0.39 is 0 Å². The van der Waals surface area contributed by atoms with E-state index in [1.54, 1.807) is 0 Å². The molecule has 0 fully saturated rings. The van der Waals surface area contributed by atoms with Crippen LogP contribution in [0.5, 0.6) is 0 Å². The highest BCUT2D eigenvalue weighted by Gasteiger charge is 1.96. The van der Waals surface area contributed by atoms with Gasteiger partial charge in [-0.3, -0.25) is 4.99 Å². The highest BCUT2D eigenvalue weighted by atomic mass is 14.7. The maximum absolute atomic E-state index is 4.26. The maximum atomic E-state index is 4.26. The van der Waals surface area contributed by atoms with E-state index >= 15 is 0 Å². The zero-order chi connectivity index (χ0) is 8.15. The third kappa shape index (κ3) is 4.30. The van der Waals surface area contributed by atoms with Crippen molar-refractivity contribution in [3.05, 3.63) is 12.2 Å². The third-order valence-corrected chi connectivity index (χ3v) is 1.41. The number of nitrogens with zero attached hydrogens (tertiary/aromatic N) is 1. The number of hydrogen-bond donors (Lipinski definition) is 0. The lowest BCUT2D eigenvalue weighted by molar-refractivity contribution is 0.750. The Balaban J connectivity index is 3.71. The van der Waals surface area contributed by atoms with Crippen molar-refractivity contribution in [2.45, 2.75) is 27.7 Å². The fourth-order valence-corrected chi connectivity index (χ4v) is 0.442. The van der Waals surface area contributed by atoms with Crippen molar-refractivity contribution in [1.29, 1.82) is 0 Å². The van der Waals surface area contributed by atoms with Crippen LogP contribution < -0.4 is 0 Å². The van der Waals surface area contributed by atoms with Crippen LogP contribution in [0.4, 0.5) is 0 Å². The summed E-state index contributed by atoms with van der Waals surface area (Å²) in [6.07, 6.45) is 0. The van der Waals surface area contributed by atoms with Crippen molar-refractivity contribution in [3.63, 3.8) is 0 Å². The zero-order valence-corrected chi connectivity index (χ0v) is 7.44. The Bertz CT molecular complexity index is 139. The van der Waals surface area contributed by atoms with Crippen LogP contribution in [0.3, 0.4) is 0 Å². The molecule has 0 heterocycles. The first-order chi connectivity index (χ1) is 4.54. The van der Waals surface area contributed by atoms with Crippen LogP contribution in [0.2, 0.25) is 0 Å². The maximum Gasteiger partial charge on any atom is 0.0598 e. The molecule has 0 aliphatic heterocycles. The fourth-order valence-electron chi connectivity index (χ4n) is 0.442. The van der Waals surface area contributed by atoms with E-state index in [1.807, 2.05) is 13.8 Å². The molecule has 0 saturated carbocycles. The minimum atomic E-state index is 0.558. The van der Waals surface area contributed by atoms with Gasteiger partial charge in [-0.2, -0.15) is 0 Å². The molecular formula is C9H17N. The topological polar surface area (TPSA) is 12.4 Å². The van der Waals surface area contributed by atoms with Gasteiger partial charge in [-0.1, -0.05) is 26.0 Å². The minimum Gasteiger partial charge on any atom is -0.290 e. The molecule has 0 aliphatic rings. The summed E-state index contributed by atoms with van der Waals surface area (Å²) in [6, 6.07) is 0. The van der Waals surface area contributed by atoms with Crippen LogP contribution >= 0.6 is 0 Å². The van der Waals surface area contributed by atoms with Gasteiger partial charge >= 0.3 is 0 Å². The first-order valence-corrected chi connectivity index (χ1v) is 3.69. The average molecular weight is 139 g/mol. The van der Waals surface area contributed by atoms with Gasteiger partial charge in [-0.05, 0) is 19.8 Å². The van der Waals surface area contributed by atoms with Crippen LogP contribution in [0, 0.1) is 5.92 Å². The van der Waals surface area contributed by atoms with Crippen LogP contribution in [-0.2, 0) is 0 Å². The van der Waals surface area contributed by atoms with E-state index in [2.05, 4.69) is 25.4 Å². The van der Waals surface area contributed by atoms with Crippen molar-refractivity contribution in [2.75, 3.05) is 6.54 Å². The van der Waals surface area contributed by atoms with E-state index in [0.29, 0.717) is 5.92 Å². The summed E-state index contributed by atoms with van der Waals surface area (Å²) in [6.45, 7) is 13.0. The molecule has 0 aromatic rings. The number of rotatable bonds is 3. The molecular weight excluding hydrogens is 122 g/mol. The third-order valence-electron chi connectivity index (χ3n) is 1.41.